The van der Waals surface area contributed by atoms with Gasteiger partial charge in [0.1, 0.15) is 6.79 Å². The van der Waals surface area contributed by atoms with Crippen molar-refractivity contribution in [3.8, 4) is 0 Å². The summed E-state index contributed by atoms with van der Waals surface area (Å²) in [4.78, 5) is 8.00. The van der Waals surface area contributed by atoms with Crippen LogP contribution in [0.3, 0.4) is 0 Å². The maximum absolute atomic E-state index is 8.00. The lowest BCUT2D eigenvalue weighted by Crippen LogP contribution is -2.29. The Balaban J connectivity index is 0.000000561. The van der Waals surface area contributed by atoms with E-state index in [1.54, 1.807) is 0 Å². The fraction of sp³-hybridized carbons (Fsp3) is 0.909. The van der Waals surface area contributed by atoms with Crippen LogP contribution in [0, 0.1) is 17.3 Å². The van der Waals surface area contributed by atoms with E-state index in [9.17, 15) is 0 Å². The molecule has 1 rings (SSSR count). The zero-order chi connectivity index (χ0) is 9.78. The molecule has 72 valence electrons. The second-order valence-corrected chi connectivity index (χ2v) is 4.78. The van der Waals surface area contributed by atoms with E-state index in [1.807, 2.05) is 6.79 Å². The van der Waals surface area contributed by atoms with Gasteiger partial charge in [0, 0.05) is 0 Å². The fourth-order valence-corrected chi connectivity index (χ4v) is 2.13. The molecule has 12 heavy (non-hydrogen) atoms. The lowest BCUT2D eigenvalue weighted by molar-refractivity contribution is -0.0979. The maximum Gasteiger partial charge on any atom is 0.106 e. The Morgan fingerprint density at radius 3 is 2.00 bits per heavy atom. The van der Waals surface area contributed by atoms with E-state index in [-0.39, 0.29) is 0 Å². The highest BCUT2D eigenvalue weighted by Crippen LogP contribution is 2.42. The average molecular weight is 170 g/mol. The Morgan fingerprint density at radius 1 is 1.17 bits per heavy atom. The van der Waals surface area contributed by atoms with E-state index >= 15 is 0 Å². The van der Waals surface area contributed by atoms with E-state index in [4.69, 9.17) is 4.79 Å². The van der Waals surface area contributed by atoms with Crippen molar-refractivity contribution in [1.82, 2.24) is 0 Å². The first kappa shape index (κ1) is 11.7. The molecule has 0 radical (unpaired) electrons. The van der Waals surface area contributed by atoms with Crippen LogP contribution in [-0.4, -0.2) is 6.79 Å². The number of rotatable bonds is 0. The number of hydrogen-bond acceptors (Lipinski definition) is 1. The molecule has 0 aromatic heterocycles. The highest BCUT2D eigenvalue weighted by Gasteiger charge is 2.31. The second-order valence-electron chi connectivity index (χ2n) is 4.78. The van der Waals surface area contributed by atoms with Gasteiger partial charge in [0.25, 0.3) is 0 Å². The van der Waals surface area contributed by atoms with Crippen LogP contribution in [0.15, 0.2) is 0 Å². The normalized spacial score (nSPS) is 33.3. The molecule has 1 aliphatic carbocycles. The predicted octanol–water partition coefficient (Wildman–Crippen LogP) is 3.28. The average Bonchev–Trinajstić information content (AvgIpc) is 2.01. The summed E-state index contributed by atoms with van der Waals surface area (Å²) in [5.74, 6) is 1.90. The van der Waals surface area contributed by atoms with Gasteiger partial charge >= 0.3 is 0 Å². The van der Waals surface area contributed by atoms with E-state index in [0.717, 1.165) is 11.8 Å². The van der Waals surface area contributed by atoms with E-state index < -0.39 is 0 Å². The van der Waals surface area contributed by atoms with E-state index in [0.29, 0.717) is 5.41 Å². The van der Waals surface area contributed by atoms with Crippen molar-refractivity contribution in [1.29, 1.82) is 0 Å². The molecule has 1 nitrogen and oxygen atoms in total. The zero-order valence-corrected chi connectivity index (χ0v) is 8.89. The molecule has 0 bridgehead atoms. The molecule has 0 saturated heterocycles. The molecule has 1 aliphatic rings. The third kappa shape index (κ3) is 2.96. The highest BCUT2D eigenvalue weighted by molar-refractivity contribution is 5.10. The van der Waals surface area contributed by atoms with Crippen LogP contribution >= 0.6 is 0 Å². The van der Waals surface area contributed by atoms with Gasteiger partial charge < -0.3 is 4.79 Å². The van der Waals surface area contributed by atoms with Gasteiger partial charge in [0.15, 0.2) is 0 Å². The van der Waals surface area contributed by atoms with Gasteiger partial charge in [-0.25, -0.2) is 0 Å². The summed E-state index contributed by atoms with van der Waals surface area (Å²) in [5.41, 5.74) is 0.609. The third-order valence-corrected chi connectivity index (χ3v) is 3.30. The molecule has 2 atom stereocenters. The lowest BCUT2D eigenvalue weighted by Gasteiger charge is -2.39. The molecule has 1 fully saturated rings. The minimum Gasteiger partial charge on any atom is -0.307 e. The molecule has 1 saturated carbocycles. The smallest absolute Gasteiger partial charge is 0.106 e. The van der Waals surface area contributed by atoms with Crippen LogP contribution in [0.2, 0.25) is 0 Å². The summed E-state index contributed by atoms with van der Waals surface area (Å²) >= 11 is 0. The van der Waals surface area contributed by atoms with E-state index in [2.05, 4.69) is 27.7 Å². The van der Waals surface area contributed by atoms with Crippen molar-refractivity contribution < 1.29 is 4.79 Å². The van der Waals surface area contributed by atoms with Crippen molar-refractivity contribution in [2.75, 3.05) is 0 Å². The standard InChI is InChI=1S/C10H20.CH2O/c1-8-5-6-9(2)10(3,4)7-8;1-2/h8-9H,5-7H2,1-4H3;1H2. The minimum absolute atomic E-state index is 0.609. The fourth-order valence-electron chi connectivity index (χ4n) is 2.13. The Kier molecular flexibility index (Phi) is 4.51. The summed E-state index contributed by atoms with van der Waals surface area (Å²) in [6.45, 7) is 11.6. The van der Waals surface area contributed by atoms with Gasteiger partial charge in [0.2, 0.25) is 0 Å². The number of carbonyl (C=O) groups excluding carboxylic acids is 1. The summed E-state index contributed by atoms with van der Waals surface area (Å²) in [6.07, 6.45) is 4.31. The monoisotopic (exact) mass is 170 g/mol. The Labute approximate surface area is 76.6 Å². The van der Waals surface area contributed by atoms with Crippen LogP contribution in [-0.2, 0) is 4.79 Å². The van der Waals surface area contributed by atoms with Gasteiger partial charge in [0.05, 0.1) is 0 Å². The minimum atomic E-state index is 0.609. The summed E-state index contributed by atoms with van der Waals surface area (Å²) in [7, 11) is 0. The van der Waals surface area contributed by atoms with Crippen LogP contribution in [0.25, 0.3) is 0 Å². The number of hydrogen-bond donors (Lipinski definition) is 0. The topological polar surface area (TPSA) is 17.1 Å². The first-order valence-corrected chi connectivity index (χ1v) is 4.81. The summed E-state index contributed by atoms with van der Waals surface area (Å²) < 4.78 is 0. The van der Waals surface area contributed by atoms with Crippen molar-refractivity contribution in [2.45, 2.75) is 47.0 Å². The van der Waals surface area contributed by atoms with Crippen LogP contribution < -0.4 is 0 Å². The Hall–Kier alpha value is -0.330. The van der Waals surface area contributed by atoms with Crippen LogP contribution in [0.5, 0.6) is 0 Å². The van der Waals surface area contributed by atoms with Gasteiger partial charge in [-0.15, -0.1) is 0 Å². The molecule has 0 N–H and O–H groups in total. The maximum atomic E-state index is 8.00. The van der Waals surface area contributed by atoms with Gasteiger partial charge in [-0.1, -0.05) is 34.1 Å². The van der Waals surface area contributed by atoms with Crippen molar-refractivity contribution >= 4 is 6.79 Å². The summed E-state index contributed by atoms with van der Waals surface area (Å²) in [6, 6.07) is 0. The molecule has 1 heteroatoms. The second kappa shape index (κ2) is 4.64. The Morgan fingerprint density at radius 2 is 1.67 bits per heavy atom. The van der Waals surface area contributed by atoms with Crippen LogP contribution in [0.4, 0.5) is 0 Å². The number of carbonyl (C=O) groups is 1. The highest BCUT2D eigenvalue weighted by atomic mass is 16.1. The molecule has 0 spiro atoms. The quantitative estimate of drug-likeness (QED) is 0.545. The first-order valence-electron chi connectivity index (χ1n) is 4.81. The molecule has 0 heterocycles. The molecular weight excluding hydrogens is 148 g/mol. The molecule has 2 unspecified atom stereocenters. The predicted molar refractivity (Wildman–Crippen MR) is 53.1 cm³/mol. The molecule has 0 amide bonds. The van der Waals surface area contributed by atoms with Gasteiger partial charge in [-0.2, -0.15) is 0 Å². The molecular formula is C11H22O. The lowest BCUT2D eigenvalue weighted by atomic mass is 9.66. The first-order chi connectivity index (χ1) is 5.52. The van der Waals surface area contributed by atoms with Crippen molar-refractivity contribution in [3.05, 3.63) is 0 Å². The summed E-state index contributed by atoms with van der Waals surface area (Å²) in [5, 5.41) is 0. The molecule has 0 aromatic rings. The van der Waals surface area contributed by atoms with Gasteiger partial charge in [-0.3, -0.25) is 0 Å². The van der Waals surface area contributed by atoms with E-state index in [1.165, 1.54) is 19.3 Å². The van der Waals surface area contributed by atoms with Crippen molar-refractivity contribution in [3.63, 3.8) is 0 Å². The zero-order valence-electron chi connectivity index (χ0n) is 8.89. The largest absolute Gasteiger partial charge is 0.307 e. The SMILES string of the molecule is C=O.CC1CCC(C)C(C)(C)C1. The molecule has 0 aromatic carbocycles. The Bertz CT molecular complexity index is 129. The van der Waals surface area contributed by atoms with Crippen molar-refractivity contribution in [2.24, 2.45) is 17.3 Å². The van der Waals surface area contributed by atoms with Crippen LogP contribution in [0.1, 0.15) is 47.0 Å². The molecule has 0 aliphatic heterocycles. The van der Waals surface area contributed by atoms with Gasteiger partial charge in [-0.05, 0) is 30.1 Å². The third-order valence-electron chi connectivity index (χ3n) is 3.30.